The van der Waals surface area contributed by atoms with Gasteiger partial charge in [0.1, 0.15) is 0 Å². The molecule has 0 N–H and O–H groups in total. The van der Waals surface area contributed by atoms with Gasteiger partial charge in [-0.15, -0.1) is 11.6 Å². The molecule has 2 heteroatoms. The number of rotatable bonds is 4. The first-order valence-electron chi connectivity index (χ1n) is 5.15. The molecular weight excluding hydrogens is 184 g/mol. The fraction of sp³-hybridized carbons (Fsp3) is 0.818. The first kappa shape index (κ1) is 11.1. The van der Waals surface area contributed by atoms with E-state index in [0.717, 1.165) is 12.5 Å². The normalized spacial score (nSPS) is 29.7. The van der Waals surface area contributed by atoms with Crippen molar-refractivity contribution in [1.29, 1.82) is 0 Å². The lowest BCUT2D eigenvalue weighted by molar-refractivity contribution is 0.0367. The van der Waals surface area contributed by atoms with Gasteiger partial charge in [-0.3, -0.25) is 0 Å². The van der Waals surface area contributed by atoms with E-state index in [1.807, 2.05) is 12.2 Å². The van der Waals surface area contributed by atoms with E-state index >= 15 is 0 Å². The summed E-state index contributed by atoms with van der Waals surface area (Å²) in [5.74, 6) is 1.49. The molecule has 1 aliphatic carbocycles. The lowest BCUT2D eigenvalue weighted by atomic mass is 9.89. The van der Waals surface area contributed by atoms with Gasteiger partial charge in [0.15, 0.2) is 0 Å². The van der Waals surface area contributed by atoms with Crippen LogP contribution in [0.25, 0.3) is 0 Å². The highest BCUT2D eigenvalue weighted by Crippen LogP contribution is 2.25. The Morgan fingerprint density at radius 1 is 1.23 bits per heavy atom. The number of allylic oxidation sites excluding steroid dienone is 1. The van der Waals surface area contributed by atoms with Crippen LogP contribution in [0, 0.1) is 5.92 Å². The minimum atomic E-state index is 0.496. The highest BCUT2D eigenvalue weighted by atomic mass is 35.5. The average Bonchev–Trinajstić information content (AvgIpc) is 2.15. The van der Waals surface area contributed by atoms with Gasteiger partial charge < -0.3 is 4.74 Å². The number of hydrogen-bond acceptors (Lipinski definition) is 1. The highest BCUT2D eigenvalue weighted by molar-refractivity contribution is 6.18. The van der Waals surface area contributed by atoms with Crippen LogP contribution in [0.1, 0.15) is 32.6 Å². The molecular formula is C11H19ClO. The smallest absolute Gasteiger partial charge is 0.0651 e. The Kier molecular flexibility index (Phi) is 5.49. The molecule has 0 aromatic carbocycles. The molecule has 0 aromatic heterocycles. The van der Waals surface area contributed by atoms with Gasteiger partial charge in [-0.2, -0.15) is 0 Å². The topological polar surface area (TPSA) is 9.23 Å². The molecule has 0 amide bonds. The Hall–Kier alpha value is -0.0100. The van der Waals surface area contributed by atoms with Crippen LogP contribution in [0.15, 0.2) is 12.2 Å². The van der Waals surface area contributed by atoms with Crippen molar-refractivity contribution >= 4 is 11.6 Å². The molecule has 0 saturated heterocycles. The maximum absolute atomic E-state index is 5.69. The molecule has 1 nitrogen and oxygen atoms in total. The highest BCUT2D eigenvalue weighted by Gasteiger charge is 2.17. The van der Waals surface area contributed by atoms with Gasteiger partial charge in [0.25, 0.3) is 0 Å². The molecule has 13 heavy (non-hydrogen) atoms. The van der Waals surface area contributed by atoms with E-state index in [9.17, 15) is 0 Å². The van der Waals surface area contributed by atoms with Crippen LogP contribution in [0.3, 0.4) is 0 Å². The maximum atomic E-state index is 5.69. The standard InChI is InChI=1S/C11H19ClO/c1-10-4-6-11(7-5-10)13-9-3-2-8-12/h2-3,10-11H,4-9H2,1H3. The third-order valence-corrected chi connectivity index (χ3v) is 2.82. The second kappa shape index (κ2) is 6.44. The first-order valence-corrected chi connectivity index (χ1v) is 5.69. The fourth-order valence-corrected chi connectivity index (χ4v) is 1.84. The second-order valence-electron chi connectivity index (χ2n) is 3.84. The molecule has 1 aliphatic rings. The first-order chi connectivity index (χ1) is 6.33. The fourth-order valence-electron chi connectivity index (χ4n) is 1.72. The second-order valence-corrected chi connectivity index (χ2v) is 4.15. The Bertz CT molecular complexity index is 148. The van der Waals surface area contributed by atoms with Crippen LogP contribution in [0.5, 0.6) is 0 Å². The predicted octanol–water partition coefficient (Wildman–Crippen LogP) is 3.38. The summed E-state index contributed by atoms with van der Waals surface area (Å²) in [6, 6.07) is 0. The maximum Gasteiger partial charge on any atom is 0.0651 e. The summed E-state index contributed by atoms with van der Waals surface area (Å²) in [6.07, 6.45) is 9.55. The predicted molar refractivity (Wildman–Crippen MR) is 57.2 cm³/mol. The molecule has 1 saturated carbocycles. The molecule has 0 aromatic rings. The van der Waals surface area contributed by atoms with Gasteiger partial charge in [-0.1, -0.05) is 19.1 Å². The minimum absolute atomic E-state index is 0.496. The van der Waals surface area contributed by atoms with E-state index in [2.05, 4.69) is 6.92 Å². The van der Waals surface area contributed by atoms with E-state index in [4.69, 9.17) is 16.3 Å². The zero-order valence-corrected chi connectivity index (χ0v) is 9.09. The number of ether oxygens (including phenoxy) is 1. The van der Waals surface area contributed by atoms with Gasteiger partial charge in [0.2, 0.25) is 0 Å². The van der Waals surface area contributed by atoms with E-state index in [0.29, 0.717) is 12.0 Å². The quantitative estimate of drug-likeness (QED) is 0.502. The van der Waals surface area contributed by atoms with Gasteiger partial charge in [-0.05, 0) is 31.6 Å². The average molecular weight is 203 g/mol. The van der Waals surface area contributed by atoms with E-state index in [-0.39, 0.29) is 0 Å². The lowest BCUT2D eigenvalue weighted by Crippen LogP contribution is -2.20. The van der Waals surface area contributed by atoms with Crippen LogP contribution < -0.4 is 0 Å². The number of halogens is 1. The third kappa shape index (κ3) is 4.68. The summed E-state index contributed by atoms with van der Waals surface area (Å²) in [6.45, 7) is 3.05. The van der Waals surface area contributed by atoms with Gasteiger partial charge in [0.05, 0.1) is 12.7 Å². The van der Waals surface area contributed by atoms with Crippen molar-refractivity contribution < 1.29 is 4.74 Å². The zero-order chi connectivity index (χ0) is 9.52. The lowest BCUT2D eigenvalue weighted by Gasteiger charge is -2.25. The van der Waals surface area contributed by atoms with Crippen LogP contribution in [0.4, 0.5) is 0 Å². The molecule has 0 unspecified atom stereocenters. The van der Waals surface area contributed by atoms with Crippen molar-refractivity contribution in [2.45, 2.75) is 38.7 Å². The van der Waals surface area contributed by atoms with Gasteiger partial charge >= 0.3 is 0 Å². The summed E-state index contributed by atoms with van der Waals surface area (Å²) >= 11 is 5.50. The largest absolute Gasteiger partial charge is 0.374 e. The molecule has 76 valence electrons. The van der Waals surface area contributed by atoms with Gasteiger partial charge in [0, 0.05) is 5.88 Å². The number of alkyl halides is 1. The zero-order valence-electron chi connectivity index (χ0n) is 8.34. The molecule has 0 heterocycles. The monoisotopic (exact) mass is 202 g/mol. The van der Waals surface area contributed by atoms with Crippen LogP contribution in [0.2, 0.25) is 0 Å². The van der Waals surface area contributed by atoms with Crippen molar-refractivity contribution in [1.82, 2.24) is 0 Å². The Labute approximate surface area is 86.1 Å². The van der Waals surface area contributed by atoms with Crippen molar-refractivity contribution in [3.63, 3.8) is 0 Å². The molecule has 0 radical (unpaired) electrons. The third-order valence-electron chi connectivity index (χ3n) is 2.65. The van der Waals surface area contributed by atoms with Crippen LogP contribution in [-0.4, -0.2) is 18.6 Å². The molecule has 1 rings (SSSR count). The summed E-state index contributed by atoms with van der Waals surface area (Å²) in [4.78, 5) is 0. The van der Waals surface area contributed by atoms with Gasteiger partial charge in [-0.25, -0.2) is 0 Å². The molecule has 1 fully saturated rings. The van der Waals surface area contributed by atoms with Crippen LogP contribution >= 0.6 is 11.6 Å². The number of hydrogen-bond donors (Lipinski definition) is 0. The Balaban J connectivity index is 2.05. The van der Waals surface area contributed by atoms with Crippen molar-refractivity contribution in [2.24, 2.45) is 5.92 Å². The molecule has 0 atom stereocenters. The van der Waals surface area contributed by atoms with Crippen LogP contribution in [-0.2, 0) is 4.74 Å². The Morgan fingerprint density at radius 3 is 2.54 bits per heavy atom. The van der Waals surface area contributed by atoms with Crippen molar-refractivity contribution in [3.05, 3.63) is 12.2 Å². The van der Waals surface area contributed by atoms with E-state index < -0.39 is 0 Å². The summed E-state index contributed by atoms with van der Waals surface area (Å²) < 4.78 is 5.69. The molecule has 0 bridgehead atoms. The molecule has 0 aliphatic heterocycles. The van der Waals surface area contributed by atoms with E-state index in [1.54, 1.807) is 0 Å². The van der Waals surface area contributed by atoms with E-state index in [1.165, 1.54) is 25.7 Å². The molecule has 0 spiro atoms. The Morgan fingerprint density at radius 2 is 1.92 bits per heavy atom. The van der Waals surface area contributed by atoms with Crippen molar-refractivity contribution in [2.75, 3.05) is 12.5 Å². The van der Waals surface area contributed by atoms with Crippen molar-refractivity contribution in [3.8, 4) is 0 Å². The summed E-state index contributed by atoms with van der Waals surface area (Å²) in [5.41, 5.74) is 0. The summed E-state index contributed by atoms with van der Waals surface area (Å²) in [7, 11) is 0. The SMILES string of the molecule is CC1CCC(OCC=CCCl)CC1. The minimum Gasteiger partial charge on any atom is -0.374 e. The summed E-state index contributed by atoms with van der Waals surface area (Å²) in [5, 5.41) is 0.